The lowest BCUT2D eigenvalue weighted by molar-refractivity contribution is -0.144. The van der Waals surface area contributed by atoms with E-state index in [-0.39, 0.29) is 29.6 Å². The molecule has 1 aromatic carbocycles. The fourth-order valence-electron chi connectivity index (χ4n) is 7.67. The molecule has 0 saturated heterocycles. The summed E-state index contributed by atoms with van der Waals surface area (Å²) >= 11 is 0. The Morgan fingerprint density at radius 2 is 1.69 bits per heavy atom. The Hall–Kier alpha value is -1.71. The first kappa shape index (κ1) is 27.3. The van der Waals surface area contributed by atoms with Crippen molar-refractivity contribution in [1.82, 2.24) is 0 Å². The normalized spacial score (nSPS) is 30.4. The van der Waals surface area contributed by atoms with E-state index in [0.717, 1.165) is 49.1 Å². The van der Waals surface area contributed by atoms with Gasteiger partial charge in [0.15, 0.2) is 0 Å². The van der Waals surface area contributed by atoms with Gasteiger partial charge in [0.1, 0.15) is 17.4 Å². The molecule has 1 aromatic rings. The third-order valence-corrected chi connectivity index (χ3v) is 9.70. The Balaban J connectivity index is 1.30. The van der Waals surface area contributed by atoms with E-state index in [0.29, 0.717) is 18.3 Å². The minimum Gasteiger partial charge on any atom is -0.426 e. The van der Waals surface area contributed by atoms with E-state index in [1.807, 2.05) is 0 Å². The Labute approximate surface area is 217 Å². The minimum atomic E-state index is -0.651. The first-order chi connectivity index (χ1) is 17.5. The van der Waals surface area contributed by atoms with E-state index >= 15 is 0 Å². The number of ether oxygens (including phenoxy) is 1. The largest absolute Gasteiger partial charge is 0.426 e. The lowest BCUT2D eigenvalue weighted by Gasteiger charge is -2.46. The van der Waals surface area contributed by atoms with Crippen molar-refractivity contribution in [3.8, 4) is 5.75 Å². The third-order valence-electron chi connectivity index (χ3n) is 9.70. The van der Waals surface area contributed by atoms with Gasteiger partial charge in [0.2, 0.25) is 0 Å². The van der Waals surface area contributed by atoms with Gasteiger partial charge in [-0.05, 0) is 81.0 Å². The smallest absolute Gasteiger partial charge is 0.314 e. The van der Waals surface area contributed by atoms with Crippen molar-refractivity contribution in [3.05, 3.63) is 42.0 Å². The van der Waals surface area contributed by atoms with Crippen LogP contribution in [0.3, 0.4) is 0 Å². The number of carbonyl (C=O) groups excluding carboxylic acids is 1. The van der Waals surface area contributed by atoms with Crippen LogP contribution in [0.5, 0.6) is 5.75 Å². The van der Waals surface area contributed by atoms with Crippen LogP contribution in [0.4, 0.5) is 8.78 Å². The van der Waals surface area contributed by atoms with Crippen LogP contribution in [0.15, 0.2) is 24.8 Å². The molecule has 0 spiro atoms. The quantitative estimate of drug-likeness (QED) is 0.138. The summed E-state index contributed by atoms with van der Waals surface area (Å²) in [6.07, 6.45) is 20.1. The molecule has 36 heavy (non-hydrogen) atoms. The molecular weight excluding hydrogens is 454 g/mol. The monoisotopic (exact) mass is 500 g/mol. The predicted octanol–water partition coefficient (Wildman–Crippen LogP) is 9.21. The summed E-state index contributed by atoms with van der Waals surface area (Å²) in [5, 5.41) is 0. The number of benzene rings is 1. The molecule has 0 aromatic heterocycles. The van der Waals surface area contributed by atoms with E-state index in [9.17, 15) is 13.6 Å². The summed E-state index contributed by atoms with van der Waals surface area (Å²) in [5.74, 6) is 1.81. The van der Waals surface area contributed by atoms with Gasteiger partial charge < -0.3 is 4.74 Å². The third kappa shape index (κ3) is 6.78. The van der Waals surface area contributed by atoms with Crippen LogP contribution in [0.25, 0.3) is 0 Å². The number of unbranched alkanes of at least 4 members (excludes halogenated alkanes) is 2. The first-order valence-electron chi connectivity index (χ1n) is 14.8. The van der Waals surface area contributed by atoms with Crippen LogP contribution in [0, 0.1) is 47.1 Å². The van der Waals surface area contributed by atoms with Crippen LogP contribution >= 0.6 is 0 Å². The number of fused-ring (bicyclic) bond motifs is 1. The van der Waals surface area contributed by atoms with Crippen molar-refractivity contribution in [1.29, 1.82) is 0 Å². The van der Waals surface area contributed by atoms with Crippen molar-refractivity contribution in [3.63, 3.8) is 0 Å². The van der Waals surface area contributed by atoms with Gasteiger partial charge in [0.25, 0.3) is 0 Å². The fourth-order valence-corrected chi connectivity index (χ4v) is 7.67. The average Bonchev–Trinajstić information content (AvgIpc) is 2.88. The Kier molecular flexibility index (Phi) is 10.0. The van der Waals surface area contributed by atoms with Crippen LogP contribution in [0.2, 0.25) is 0 Å². The number of esters is 1. The summed E-state index contributed by atoms with van der Waals surface area (Å²) in [4.78, 5) is 13.1. The minimum absolute atomic E-state index is 0.0103. The zero-order chi connectivity index (χ0) is 25.5. The van der Waals surface area contributed by atoms with Crippen LogP contribution in [-0.4, -0.2) is 5.97 Å². The number of hydrogen-bond donors (Lipinski definition) is 0. The molecule has 4 atom stereocenters. The van der Waals surface area contributed by atoms with Crippen molar-refractivity contribution in [2.24, 2.45) is 35.5 Å². The fraction of sp³-hybridized carbons (Fsp3) is 0.719. The van der Waals surface area contributed by atoms with Gasteiger partial charge in [-0.3, -0.25) is 4.79 Å². The maximum atomic E-state index is 14.5. The van der Waals surface area contributed by atoms with Gasteiger partial charge in [-0.1, -0.05) is 64.4 Å². The van der Waals surface area contributed by atoms with Gasteiger partial charge in [-0.2, -0.15) is 0 Å². The number of hydrogen-bond acceptors (Lipinski definition) is 2. The summed E-state index contributed by atoms with van der Waals surface area (Å²) in [6, 6.07) is 2.32. The zero-order valence-corrected chi connectivity index (χ0v) is 22.3. The predicted molar refractivity (Wildman–Crippen MR) is 142 cm³/mol. The molecule has 2 nitrogen and oxygen atoms in total. The number of carbonyl (C=O) groups is 1. The molecule has 4 unspecified atom stereocenters. The van der Waals surface area contributed by atoms with Gasteiger partial charge in [-0.25, -0.2) is 8.78 Å². The Morgan fingerprint density at radius 1 is 0.972 bits per heavy atom. The van der Waals surface area contributed by atoms with E-state index in [4.69, 9.17) is 4.74 Å². The van der Waals surface area contributed by atoms with Crippen LogP contribution in [-0.2, 0) is 11.2 Å². The van der Waals surface area contributed by atoms with Crippen molar-refractivity contribution in [2.45, 2.75) is 110 Å². The molecule has 3 aliphatic carbocycles. The molecule has 0 amide bonds. The molecule has 0 heterocycles. The lowest BCUT2D eigenvalue weighted by atomic mass is 9.59. The van der Waals surface area contributed by atoms with Crippen molar-refractivity contribution >= 4 is 5.97 Å². The highest BCUT2D eigenvalue weighted by atomic mass is 19.1. The highest BCUT2D eigenvalue weighted by Crippen LogP contribution is 2.50. The van der Waals surface area contributed by atoms with Crippen molar-refractivity contribution in [2.75, 3.05) is 0 Å². The molecule has 3 fully saturated rings. The van der Waals surface area contributed by atoms with E-state index in [1.165, 1.54) is 70.6 Å². The molecular formula is C32H46F2O2. The molecule has 0 N–H and O–H groups in total. The lowest BCUT2D eigenvalue weighted by Crippen LogP contribution is -2.40. The molecule has 4 rings (SSSR count). The van der Waals surface area contributed by atoms with Gasteiger partial charge in [0, 0.05) is 17.7 Å². The Bertz CT molecular complexity index is 850. The standard InChI is InChI=1S/C32H46F2O2/c1-3-5-7-9-22-13-15-23(16-14-22)24-17-18-27-25(19-24)10-8-12-28(27)32(35)36-26-20-30(33)29(11-6-4-2)31(34)21-26/h4,20-25,27-28H,2-3,5-19H2,1H3. The molecule has 0 bridgehead atoms. The SMILES string of the molecule is C=CCCc1c(F)cc(OC(=O)C2CCCC3CC(C4CCC(CCCCC)CC4)CCC32)cc1F. The van der Waals surface area contributed by atoms with Gasteiger partial charge in [0.05, 0.1) is 5.92 Å². The molecule has 3 saturated carbocycles. The highest BCUT2D eigenvalue weighted by molar-refractivity contribution is 5.75. The summed E-state index contributed by atoms with van der Waals surface area (Å²) in [6.45, 7) is 5.89. The van der Waals surface area contributed by atoms with Crippen LogP contribution < -0.4 is 4.74 Å². The maximum Gasteiger partial charge on any atom is 0.314 e. The number of allylic oxidation sites excluding steroid dienone is 1. The van der Waals surface area contributed by atoms with Crippen molar-refractivity contribution < 1.29 is 18.3 Å². The Morgan fingerprint density at radius 3 is 2.39 bits per heavy atom. The van der Waals surface area contributed by atoms with E-state index in [2.05, 4.69) is 13.5 Å². The van der Waals surface area contributed by atoms with Gasteiger partial charge in [-0.15, -0.1) is 6.58 Å². The maximum absolute atomic E-state index is 14.5. The number of rotatable bonds is 10. The average molecular weight is 501 g/mol. The summed E-state index contributed by atoms with van der Waals surface area (Å²) in [5.41, 5.74) is 0.0285. The summed E-state index contributed by atoms with van der Waals surface area (Å²) < 4.78 is 34.5. The second-order valence-electron chi connectivity index (χ2n) is 11.9. The topological polar surface area (TPSA) is 26.3 Å². The van der Waals surface area contributed by atoms with E-state index < -0.39 is 11.6 Å². The van der Waals surface area contributed by atoms with Crippen LogP contribution in [0.1, 0.15) is 109 Å². The molecule has 3 aliphatic rings. The molecule has 200 valence electrons. The second-order valence-corrected chi connectivity index (χ2v) is 11.9. The molecule has 0 aliphatic heterocycles. The van der Waals surface area contributed by atoms with Gasteiger partial charge >= 0.3 is 5.97 Å². The van der Waals surface area contributed by atoms with E-state index in [1.54, 1.807) is 6.08 Å². The molecule has 4 heteroatoms. The second kappa shape index (κ2) is 13.2. The summed E-state index contributed by atoms with van der Waals surface area (Å²) in [7, 11) is 0. The highest BCUT2D eigenvalue weighted by Gasteiger charge is 2.43. The first-order valence-corrected chi connectivity index (χ1v) is 14.8. The number of halogens is 2. The molecule has 0 radical (unpaired) electrons. The zero-order valence-electron chi connectivity index (χ0n) is 22.3.